The van der Waals surface area contributed by atoms with E-state index < -0.39 is 10.0 Å². The number of hydrogen-bond acceptors (Lipinski definition) is 4. The highest BCUT2D eigenvalue weighted by atomic mass is 35.5. The van der Waals surface area contributed by atoms with Gasteiger partial charge < -0.3 is 5.32 Å². The monoisotopic (exact) mass is 420 g/mol. The maximum atomic E-state index is 12.2. The summed E-state index contributed by atoms with van der Waals surface area (Å²) in [5.41, 5.74) is 1.90. The van der Waals surface area contributed by atoms with E-state index in [9.17, 15) is 13.2 Å². The Bertz CT molecular complexity index is 1020. The lowest BCUT2D eigenvalue weighted by molar-refractivity contribution is 0.0954. The van der Waals surface area contributed by atoms with Crippen molar-refractivity contribution in [3.05, 3.63) is 82.2 Å². The fourth-order valence-corrected chi connectivity index (χ4v) is 4.69. The maximum Gasteiger partial charge on any atom is 0.271 e. The van der Waals surface area contributed by atoms with Crippen molar-refractivity contribution in [1.82, 2.24) is 5.32 Å². The molecule has 5 nitrogen and oxygen atoms in total. The summed E-state index contributed by atoms with van der Waals surface area (Å²) >= 11 is 7.08. The lowest BCUT2D eigenvalue weighted by Crippen LogP contribution is -2.25. The topological polar surface area (TPSA) is 75.3 Å². The van der Waals surface area contributed by atoms with Crippen molar-refractivity contribution in [2.75, 3.05) is 11.3 Å². The molecule has 8 heteroatoms. The van der Waals surface area contributed by atoms with Gasteiger partial charge in [0.15, 0.2) is 0 Å². The minimum atomic E-state index is -3.59. The summed E-state index contributed by atoms with van der Waals surface area (Å²) in [5.74, 6) is -0.218. The van der Waals surface area contributed by atoms with Crippen LogP contribution in [-0.4, -0.2) is 20.9 Å². The minimum Gasteiger partial charge on any atom is -0.352 e. The third-order valence-corrected chi connectivity index (χ3v) is 6.76. The fourth-order valence-electron chi connectivity index (χ4n) is 2.43. The molecule has 0 aliphatic carbocycles. The second-order valence-electron chi connectivity index (χ2n) is 5.75. The number of sulfonamides is 1. The van der Waals surface area contributed by atoms with Gasteiger partial charge in [-0.2, -0.15) is 0 Å². The minimum absolute atomic E-state index is 0.218. The smallest absolute Gasteiger partial charge is 0.271 e. The number of rotatable bonds is 7. The number of hydrogen-bond donors (Lipinski definition) is 2. The molecule has 27 heavy (non-hydrogen) atoms. The van der Waals surface area contributed by atoms with Crippen molar-refractivity contribution in [1.29, 1.82) is 0 Å². The van der Waals surface area contributed by atoms with Gasteiger partial charge in [-0.1, -0.05) is 29.8 Å². The summed E-state index contributed by atoms with van der Waals surface area (Å²) in [7, 11) is -3.59. The zero-order valence-corrected chi connectivity index (χ0v) is 16.6. The van der Waals surface area contributed by atoms with E-state index in [1.807, 2.05) is 18.2 Å². The third-order valence-electron chi connectivity index (χ3n) is 3.75. The van der Waals surface area contributed by atoms with Gasteiger partial charge >= 0.3 is 0 Å². The predicted octanol–water partition coefficient (Wildman–Crippen LogP) is 4.17. The molecule has 0 aliphatic rings. The molecular formula is C19H17ClN2O3S2. The lowest BCUT2D eigenvalue weighted by Gasteiger charge is -2.08. The summed E-state index contributed by atoms with van der Waals surface area (Å²) in [6.07, 6.45) is 0.672. The van der Waals surface area contributed by atoms with E-state index in [-0.39, 0.29) is 10.1 Å². The molecule has 0 radical (unpaired) electrons. The van der Waals surface area contributed by atoms with Crippen molar-refractivity contribution in [2.24, 2.45) is 0 Å². The molecular weight excluding hydrogens is 404 g/mol. The number of anilines is 1. The zero-order valence-electron chi connectivity index (χ0n) is 14.2. The molecule has 0 atom stereocenters. The van der Waals surface area contributed by atoms with Gasteiger partial charge in [0.05, 0.1) is 0 Å². The largest absolute Gasteiger partial charge is 0.352 e. The molecule has 1 amide bonds. The van der Waals surface area contributed by atoms with Gasteiger partial charge in [0.25, 0.3) is 15.9 Å². The van der Waals surface area contributed by atoms with Gasteiger partial charge in [-0.05, 0) is 59.8 Å². The second-order valence-corrected chi connectivity index (χ2v) is 9.04. The average molecular weight is 421 g/mol. The van der Waals surface area contributed by atoms with Crippen LogP contribution in [0.4, 0.5) is 5.69 Å². The number of thiophene rings is 1. The molecule has 2 aromatic carbocycles. The Morgan fingerprint density at radius 1 is 1.04 bits per heavy atom. The van der Waals surface area contributed by atoms with E-state index in [0.29, 0.717) is 29.2 Å². The predicted molar refractivity (Wildman–Crippen MR) is 109 cm³/mol. The number of amides is 1. The molecule has 1 aromatic heterocycles. The van der Waals surface area contributed by atoms with Crippen molar-refractivity contribution < 1.29 is 13.2 Å². The van der Waals surface area contributed by atoms with Crippen LogP contribution >= 0.6 is 22.9 Å². The van der Waals surface area contributed by atoms with E-state index in [1.165, 1.54) is 6.07 Å². The highest BCUT2D eigenvalue weighted by Crippen LogP contribution is 2.20. The molecule has 0 aliphatic heterocycles. The summed E-state index contributed by atoms with van der Waals surface area (Å²) in [4.78, 5) is 12.2. The fraction of sp³-hybridized carbons (Fsp3) is 0.105. The molecule has 1 heterocycles. The van der Waals surface area contributed by atoms with Crippen LogP contribution in [0.5, 0.6) is 0 Å². The molecule has 0 saturated carbocycles. The second kappa shape index (κ2) is 8.56. The van der Waals surface area contributed by atoms with Crippen molar-refractivity contribution >= 4 is 44.6 Å². The van der Waals surface area contributed by atoms with Crippen LogP contribution in [0.3, 0.4) is 0 Å². The molecule has 0 fully saturated rings. The number of nitrogens with one attached hydrogen (secondary N) is 2. The van der Waals surface area contributed by atoms with Gasteiger partial charge in [-0.15, -0.1) is 11.3 Å². The average Bonchev–Trinajstić information content (AvgIpc) is 3.18. The molecule has 140 valence electrons. The van der Waals surface area contributed by atoms with Gasteiger partial charge in [-0.3, -0.25) is 9.52 Å². The zero-order chi connectivity index (χ0) is 19.3. The Hall–Kier alpha value is -2.35. The molecule has 0 spiro atoms. The Labute approximate surface area is 167 Å². The van der Waals surface area contributed by atoms with Crippen LogP contribution in [0.1, 0.15) is 15.9 Å². The lowest BCUT2D eigenvalue weighted by atomic mass is 10.1. The van der Waals surface area contributed by atoms with Crippen molar-refractivity contribution in [2.45, 2.75) is 10.6 Å². The first-order valence-corrected chi connectivity index (χ1v) is 10.9. The Kier molecular flexibility index (Phi) is 6.15. The summed E-state index contributed by atoms with van der Waals surface area (Å²) in [6.45, 7) is 0.478. The van der Waals surface area contributed by atoms with Gasteiger partial charge in [0, 0.05) is 22.8 Å². The van der Waals surface area contributed by atoms with Crippen molar-refractivity contribution in [3.8, 4) is 0 Å². The number of carbonyl (C=O) groups is 1. The molecule has 0 bridgehead atoms. The first-order valence-electron chi connectivity index (χ1n) is 8.13. The third kappa shape index (κ3) is 5.32. The van der Waals surface area contributed by atoms with E-state index in [0.717, 1.165) is 16.9 Å². The Morgan fingerprint density at radius 2 is 1.81 bits per heavy atom. The maximum absolute atomic E-state index is 12.2. The van der Waals surface area contributed by atoms with Crippen LogP contribution in [0.25, 0.3) is 0 Å². The molecule has 3 aromatic rings. The van der Waals surface area contributed by atoms with Gasteiger partial charge in [0.2, 0.25) is 0 Å². The SMILES string of the molecule is O=C(NCCc1cccc(Cl)c1)c1ccc(NS(=O)(=O)c2cccs2)cc1. The highest BCUT2D eigenvalue weighted by Gasteiger charge is 2.15. The molecule has 0 unspecified atom stereocenters. The normalized spacial score (nSPS) is 11.1. The number of benzene rings is 2. The quantitative estimate of drug-likeness (QED) is 0.602. The van der Waals surface area contributed by atoms with Crippen LogP contribution in [0, 0.1) is 0 Å². The van der Waals surface area contributed by atoms with Crippen molar-refractivity contribution in [3.63, 3.8) is 0 Å². The number of carbonyl (C=O) groups excluding carboxylic acids is 1. The molecule has 0 saturated heterocycles. The Balaban J connectivity index is 1.56. The van der Waals surface area contributed by atoms with E-state index in [1.54, 1.807) is 41.8 Å². The highest BCUT2D eigenvalue weighted by molar-refractivity contribution is 7.94. The van der Waals surface area contributed by atoms with E-state index >= 15 is 0 Å². The molecule has 3 rings (SSSR count). The standard InChI is InChI=1S/C19H17ClN2O3S2/c20-16-4-1-3-14(13-16)10-11-21-19(23)15-6-8-17(9-7-15)22-27(24,25)18-5-2-12-26-18/h1-9,12-13,22H,10-11H2,(H,21,23). The van der Waals surface area contributed by atoms with Crippen LogP contribution in [-0.2, 0) is 16.4 Å². The van der Waals surface area contributed by atoms with Gasteiger partial charge in [0.1, 0.15) is 4.21 Å². The van der Waals surface area contributed by atoms with Crippen LogP contribution < -0.4 is 10.0 Å². The summed E-state index contributed by atoms with van der Waals surface area (Å²) in [5, 5.41) is 5.20. The summed E-state index contributed by atoms with van der Waals surface area (Å²) < 4.78 is 27.1. The summed E-state index contributed by atoms with van der Waals surface area (Å²) in [6, 6.07) is 17.0. The first-order chi connectivity index (χ1) is 12.9. The Morgan fingerprint density at radius 3 is 2.48 bits per heavy atom. The van der Waals surface area contributed by atoms with Gasteiger partial charge in [-0.25, -0.2) is 8.42 Å². The number of halogens is 1. The molecule has 2 N–H and O–H groups in total. The van der Waals surface area contributed by atoms with E-state index in [4.69, 9.17) is 11.6 Å². The van der Waals surface area contributed by atoms with E-state index in [2.05, 4.69) is 10.0 Å². The van der Waals surface area contributed by atoms with Crippen LogP contribution in [0.15, 0.2) is 70.3 Å². The first kappa shape index (κ1) is 19.4. The van der Waals surface area contributed by atoms with Crippen LogP contribution in [0.2, 0.25) is 5.02 Å².